The van der Waals surface area contributed by atoms with Gasteiger partial charge in [-0.3, -0.25) is 0 Å². The maximum atomic E-state index is 6.94. The summed E-state index contributed by atoms with van der Waals surface area (Å²) in [6, 6.07) is 19.3. The topological polar surface area (TPSA) is 33.0 Å². The van der Waals surface area contributed by atoms with E-state index in [9.17, 15) is 0 Å². The summed E-state index contributed by atoms with van der Waals surface area (Å²) in [5, 5.41) is 5.39. The smallest absolute Gasteiger partial charge is 0.0771 e. The van der Waals surface area contributed by atoms with E-state index in [1.165, 1.54) is 21.5 Å². The first kappa shape index (κ1) is 33.0. The fraction of sp³-hybridized carbons (Fsp3) is 0.360. The Hall–Kier alpha value is -0.220. The van der Waals surface area contributed by atoms with E-state index in [2.05, 4.69) is 85.4 Å². The molecule has 0 heterocycles. The number of benzene rings is 2. The molecular formula is C25H39Cl2NOSiZr-4. The van der Waals surface area contributed by atoms with Crippen molar-refractivity contribution in [1.82, 2.24) is 0 Å². The molecule has 0 amide bonds. The molecule has 0 radical (unpaired) electrons. The summed E-state index contributed by atoms with van der Waals surface area (Å²) in [5.41, 5.74) is 6.69. The molecule has 3 rings (SSSR count). The molecule has 0 saturated carbocycles. The molecule has 0 unspecified atom stereocenters. The fourth-order valence-corrected chi connectivity index (χ4v) is 3.04. The molecule has 1 N–H and O–H groups in total. The maximum Gasteiger partial charge on any atom is -0.0771 e. The Balaban J connectivity index is 0. The van der Waals surface area contributed by atoms with Crippen LogP contribution in [0.15, 0.2) is 54.6 Å². The summed E-state index contributed by atoms with van der Waals surface area (Å²) < 4.78 is 8.82. The van der Waals surface area contributed by atoms with Gasteiger partial charge in [-0.2, -0.15) is 6.42 Å². The zero-order chi connectivity index (χ0) is 23.4. The Kier molecular flexibility index (Phi) is 17.4. The number of hydrogen-bond acceptors (Lipinski definition) is 1. The zero-order valence-corrected chi connectivity index (χ0v) is 25.2. The number of halogens is 2. The fourth-order valence-electron chi connectivity index (χ4n) is 2.28. The molecule has 0 saturated heterocycles. The molecule has 3 aromatic carbocycles. The van der Waals surface area contributed by atoms with E-state index in [0.29, 0.717) is 0 Å². The molecule has 6 heteroatoms. The van der Waals surface area contributed by atoms with Gasteiger partial charge in [-0.05, 0) is 19.6 Å². The van der Waals surface area contributed by atoms with Gasteiger partial charge in [-0.25, -0.2) is 0 Å². The van der Waals surface area contributed by atoms with Crippen LogP contribution in [0, 0.1) is 14.4 Å². The van der Waals surface area contributed by atoms with Gasteiger partial charge in [-0.15, -0.1) is 45.3 Å². The maximum absolute atomic E-state index is 6.94. The van der Waals surface area contributed by atoms with Crippen LogP contribution in [0.5, 0.6) is 0 Å². The van der Waals surface area contributed by atoms with Crippen molar-refractivity contribution < 1.29 is 23.3 Å². The molecule has 0 spiro atoms. The minimum atomic E-state index is -1.85. The van der Waals surface area contributed by atoms with Gasteiger partial charge in [0.1, 0.15) is 0 Å². The summed E-state index contributed by atoms with van der Waals surface area (Å²) in [6.07, 6.45) is 0.893. The summed E-state index contributed by atoms with van der Waals surface area (Å²) in [5.74, 6) is 0. The quantitative estimate of drug-likeness (QED) is 0.232. The van der Waals surface area contributed by atoms with Crippen LogP contribution < -0.4 is 0 Å². The van der Waals surface area contributed by atoms with Gasteiger partial charge in [0.25, 0.3) is 0 Å². The molecule has 0 aliphatic carbocycles. The van der Waals surface area contributed by atoms with E-state index in [0.717, 1.165) is 13.0 Å². The van der Waals surface area contributed by atoms with Crippen molar-refractivity contribution in [2.24, 2.45) is 0 Å². The first-order valence-electron chi connectivity index (χ1n) is 9.96. The predicted octanol–water partition coefficient (Wildman–Crippen LogP) is 9.41. The second-order valence-corrected chi connectivity index (χ2v) is 21.4. The van der Waals surface area contributed by atoms with Gasteiger partial charge in [0.2, 0.25) is 0 Å². The third-order valence-electron chi connectivity index (χ3n) is 3.20. The summed E-state index contributed by atoms with van der Waals surface area (Å²) in [4.78, 5) is 0. The van der Waals surface area contributed by atoms with Gasteiger partial charge >= 0.3 is 40.1 Å². The second-order valence-electron chi connectivity index (χ2n) is 8.72. The van der Waals surface area contributed by atoms with Crippen molar-refractivity contribution in [3.8, 4) is 0 Å². The Bertz CT molecular complexity index is 822. The molecule has 0 bridgehead atoms. The SMILES string of the molecule is CC(C)(C)[NH-].[CH2-]CCO[Si](C)(C)C.[CH2]=[Zr]([Cl])[Cl].[CH3-].c1ccc2c(c1)[cH-]c1ccccc12. The summed E-state index contributed by atoms with van der Waals surface area (Å²) >= 11 is -1.85. The second kappa shape index (κ2) is 16.4. The van der Waals surface area contributed by atoms with Crippen molar-refractivity contribution in [1.29, 1.82) is 0 Å². The van der Waals surface area contributed by atoms with Crippen LogP contribution in [-0.4, -0.2) is 24.7 Å². The summed E-state index contributed by atoms with van der Waals surface area (Å²) in [6.45, 7) is 16.6. The first-order valence-corrected chi connectivity index (χ1v) is 21.4. The largest absolute Gasteiger partial charge is 0.358 e. The van der Waals surface area contributed by atoms with E-state index in [-0.39, 0.29) is 13.0 Å². The van der Waals surface area contributed by atoms with Crippen LogP contribution in [-0.2, 0) is 23.3 Å². The predicted molar refractivity (Wildman–Crippen MR) is 146 cm³/mol. The first-order chi connectivity index (χ1) is 13.7. The van der Waals surface area contributed by atoms with E-state index >= 15 is 0 Å². The van der Waals surface area contributed by atoms with Crippen molar-refractivity contribution in [2.45, 2.75) is 52.4 Å². The minimum Gasteiger partial charge on any atom is -0.358 e. The molecule has 0 fully saturated rings. The third kappa shape index (κ3) is 19.0. The molecule has 0 aromatic heterocycles. The van der Waals surface area contributed by atoms with Gasteiger partial charge in [0.15, 0.2) is 8.32 Å². The molecule has 3 aromatic rings. The van der Waals surface area contributed by atoms with Crippen molar-refractivity contribution in [3.05, 3.63) is 74.7 Å². The van der Waals surface area contributed by atoms with Crippen LogP contribution in [0.1, 0.15) is 27.2 Å². The van der Waals surface area contributed by atoms with E-state index < -0.39 is 27.2 Å². The summed E-state index contributed by atoms with van der Waals surface area (Å²) in [7, 11) is 9.03. The van der Waals surface area contributed by atoms with Gasteiger partial charge < -0.3 is 24.5 Å². The average Bonchev–Trinajstić information content (AvgIpc) is 2.97. The molecular weight excluding hydrogens is 520 g/mol. The van der Waals surface area contributed by atoms with E-state index in [1.807, 2.05) is 20.8 Å². The normalized spacial score (nSPS) is 10.5. The third-order valence-corrected chi connectivity index (χ3v) is 4.27. The van der Waals surface area contributed by atoms with Crippen molar-refractivity contribution >= 4 is 51.1 Å². The number of rotatable bonds is 3. The Morgan fingerprint density at radius 1 is 1.00 bits per heavy atom. The Morgan fingerprint density at radius 3 is 1.58 bits per heavy atom. The monoisotopic (exact) mass is 557 g/mol. The van der Waals surface area contributed by atoms with Gasteiger partial charge in [0.05, 0.1) is 0 Å². The number of fused-ring (bicyclic) bond motifs is 3. The molecule has 0 aliphatic rings. The standard InChI is InChI=1S/C13H9.C6H15OSi.C4H10N.CH3.CH2.2ClH.Zr/c1-3-7-12-10(5-1)9-11-6-2-4-8-13(11)12;1-5-6-7-8(2,3)4;1-4(2,3)5;;;;;/h1-9H;1,5-6H2,2-4H3;5H,1-3H3;1H3;1H2;2*1H;/q4*-1;;;;+2/p-2. The molecule has 0 aliphatic heterocycles. The van der Waals surface area contributed by atoms with Crippen LogP contribution in [0.4, 0.5) is 0 Å². The van der Waals surface area contributed by atoms with E-state index in [1.54, 1.807) is 0 Å². The van der Waals surface area contributed by atoms with Gasteiger partial charge in [0, 0.05) is 6.61 Å². The number of hydrogen-bond donors (Lipinski definition) is 0. The molecule has 2 nitrogen and oxygen atoms in total. The minimum absolute atomic E-state index is 0. The molecule has 0 atom stereocenters. The Labute approximate surface area is 206 Å². The van der Waals surface area contributed by atoms with Crippen LogP contribution >= 0.6 is 17.0 Å². The van der Waals surface area contributed by atoms with Crippen LogP contribution in [0.3, 0.4) is 0 Å². The number of nitrogens with one attached hydrogen (secondary N) is 1. The zero-order valence-electron chi connectivity index (χ0n) is 20.2. The average molecular weight is 560 g/mol. The van der Waals surface area contributed by atoms with Crippen molar-refractivity contribution in [2.75, 3.05) is 6.61 Å². The van der Waals surface area contributed by atoms with Crippen molar-refractivity contribution in [3.63, 3.8) is 0 Å². The molecule has 176 valence electrons. The Morgan fingerprint density at radius 2 is 1.32 bits per heavy atom. The van der Waals surface area contributed by atoms with Crippen LogP contribution in [0.2, 0.25) is 19.6 Å². The van der Waals surface area contributed by atoms with E-state index in [4.69, 9.17) is 27.2 Å². The molecule has 31 heavy (non-hydrogen) atoms. The van der Waals surface area contributed by atoms with Crippen LogP contribution in [0.25, 0.3) is 27.3 Å². The van der Waals surface area contributed by atoms with Gasteiger partial charge in [-0.1, -0.05) is 57.2 Å².